The molecule has 1 aliphatic rings. The maximum atomic E-state index is 5.32. The predicted molar refractivity (Wildman–Crippen MR) is 314 cm³/mol. The number of hydrogen-bond acceptors (Lipinski definition) is 3. The van der Waals surface area contributed by atoms with Crippen LogP contribution in [0.2, 0.25) is 0 Å². The van der Waals surface area contributed by atoms with Gasteiger partial charge < -0.3 is 9.13 Å². The summed E-state index contributed by atoms with van der Waals surface area (Å²) >= 11 is 0. The average Bonchev–Trinajstić information content (AvgIpc) is 4.03. The first kappa shape index (κ1) is 43.6. The minimum absolute atomic E-state index is 0.873. The second-order valence-corrected chi connectivity index (χ2v) is 26.8. The summed E-state index contributed by atoms with van der Waals surface area (Å²) in [7, 11) is -4.64. The minimum atomic E-state index is -3.49. The lowest BCUT2D eigenvalue weighted by molar-refractivity contribution is 0.959. The highest BCUT2D eigenvalue weighted by molar-refractivity contribution is 7.23. The second-order valence-electron chi connectivity index (χ2n) is 19.3. The van der Waals surface area contributed by atoms with Crippen molar-refractivity contribution < 1.29 is 0 Å². The molecule has 13 aromatic rings. The van der Waals surface area contributed by atoms with Crippen LogP contribution in [-0.4, -0.2) is 35.2 Å². The molecule has 4 heterocycles. The van der Waals surface area contributed by atoms with Gasteiger partial charge in [0.2, 0.25) is 0 Å². The smallest absolute Gasteiger partial charge is 0.184 e. The van der Waals surface area contributed by atoms with Crippen LogP contribution in [0.1, 0.15) is 0 Å². The van der Waals surface area contributed by atoms with Gasteiger partial charge in [0.25, 0.3) is 0 Å². The van der Waals surface area contributed by atoms with E-state index in [-0.39, 0.29) is 0 Å². The van der Waals surface area contributed by atoms with E-state index < -0.39 is 16.1 Å². The third-order valence-corrected chi connectivity index (χ3v) is 25.2. The predicted octanol–water partition coefficient (Wildman–Crippen LogP) is 10.3. The van der Waals surface area contributed by atoms with Gasteiger partial charge >= 0.3 is 0 Å². The number of nitrogens with zero attached hydrogens (tertiary/aromatic N) is 5. The number of aromatic nitrogens is 4. The maximum Gasteiger partial charge on any atom is 0.184 e. The van der Waals surface area contributed by atoms with Crippen LogP contribution in [0.5, 0.6) is 0 Å². The number of aryl methyl sites for hydroxylation is 1. The largest absolute Gasteiger partial charge is 0.327 e. The van der Waals surface area contributed by atoms with Gasteiger partial charge in [-0.05, 0) is 96.1 Å². The summed E-state index contributed by atoms with van der Waals surface area (Å²) in [5, 5.41) is 12.9. The summed E-state index contributed by atoms with van der Waals surface area (Å²) < 4.78 is 4.84. The fourth-order valence-corrected chi connectivity index (χ4v) is 22.9. The van der Waals surface area contributed by atoms with E-state index in [1.165, 1.54) is 57.8 Å². The molecule has 0 spiro atoms. The summed E-state index contributed by atoms with van der Waals surface area (Å²) in [4.78, 5) is 13.1. The quantitative estimate of drug-likeness (QED) is 0.107. The monoisotopic (exact) mass is 979 g/mol. The SMILES string of the molecule is Cn1c(-c2cccc([Si](c3ccccc3)(c3ccccc3)c3cc4c(c5c6ccccc6n(-c6ccccc6)c35)[Si](c3ccccc3)(c3ccccc3)c3ccccc3N4c3ccccn3)c2)nc2ccccc21. The van der Waals surface area contributed by atoms with Crippen LogP contribution in [0.4, 0.5) is 17.2 Å². The molecule has 0 atom stereocenters. The van der Waals surface area contributed by atoms with E-state index in [0.29, 0.717) is 0 Å². The molecule has 350 valence electrons. The zero-order chi connectivity index (χ0) is 49.2. The Morgan fingerprint density at radius 2 is 1.03 bits per heavy atom. The lowest BCUT2D eigenvalue weighted by Gasteiger charge is -2.46. The van der Waals surface area contributed by atoms with Crippen molar-refractivity contribution in [1.29, 1.82) is 0 Å². The molecule has 5 nitrogen and oxygen atoms in total. The Balaban J connectivity index is 1.26. The highest BCUT2D eigenvalue weighted by Gasteiger charge is 2.53. The molecular weight excluding hydrogens is 931 g/mol. The van der Waals surface area contributed by atoms with Crippen molar-refractivity contribution in [2.75, 3.05) is 4.90 Å². The van der Waals surface area contributed by atoms with Gasteiger partial charge in [-0.15, -0.1) is 0 Å². The van der Waals surface area contributed by atoms with Gasteiger partial charge in [0.05, 0.1) is 22.1 Å². The van der Waals surface area contributed by atoms with Crippen molar-refractivity contribution in [3.8, 4) is 17.1 Å². The van der Waals surface area contributed by atoms with Crippen LogP contribution in [0.3, 0.4) is 0 Å². The highest BCUT2D eigenvalue weighted by Crippen LogP contribution is 2.43. The number of hydrogen-bond donors (Lipinski definition) is 0. The normalized spacial score (nSPS) is 13.0. The lowest BCUT2D eigenvalue weighted by Crippen LogP contribution is -2.78. The number of para-hydroxylation sites is 5. The first-order chi connectivity index (χ1) is 36.7. The Bertz CT molecular complexity index is 4120. The Morgan fingerprint density at radius 3 is 1.69 bits per heavy atom. The third-order valence-electron chi connectivity index (χ3n) is 15.5. The van der Waals surface area contributed by atoms with Gasteiger partial charge in [0, 0.05) is 46.6 Å². The minimum Gasteiger partial charge on any atom is -0.327 e. The Kier molecular flexibility index (Phi) is 10.4. The van der Waals surface area contributed by atoms with Crippen molar-refractivity contribution in [1.82, 2.24) is 19.1 Å². The summed E-state index contributed by atoms with van der Waals surface area (Å²) in [6, 6.07) is 102. The van der Waals surface area contributed by atoms with Crippen LogP contribution < -0.4 is 46.4 Å². The molecule has 0 saturated heterocycles. The molecule has 7 heteroatoms. The zero-order valence-electron chi connectivity index (χ0n) is 40.8. The number of imidazole rings is 1. The van der Waals surface area contributed by atoms with Crippen molar-refractivity contribution in [3.05, 3.63) is 279 Å². The van der Waals surface area contributed by atoms with Gasteiger partial charge in [-0.1, -0.05) is 218 Å². The first-order valence-corrected chi connectivity index (χ1v) is 29.4. The molecule has 14 rings (SSSR count). The standard InChI is InChI=1S/C67H49N5Si2/c1-70-58-41-20-18-39-56(58)69-67(70)48-26-25-37-54(46-48)73(50-29-9-3-10-30-50,51-31-11-4-12-32-51)62-47-60-66(64-55-38-17-19-40-57(55)71(65(62)64)49-27-7-2-8-28-49)74(52-33-13-5-14-34-52,53-35-15-6-16-36-53)61-43-22-21-42-59(61)72(60)63-44-23-24-45-68-63/h2-47H,1H3. The van der Waals surface area contributed by atoms with Gasteiger partial charge in [-0.3, -0.25) is 4.90 Å². The van der Waals surface area contributed by atoms with E-state index in [4.69, 9.17) is 9.97 Å². The number of benzene rings is 10. The molecule has 10 aromatic carbocycles. The van der Waals surface area contributed by atoms with E-state index >= 15 is 0 Å². The molecule has 0 unspecified atom stereocenters. The van der Waals surface area contributed by atoms with Crippen molar-refractivity contribution >= 4 is 108 Å². The van der Waals surface area contributed by atoms with E-state index in [1.807, 2.05) is 12.3 Å². The molecule has 0 N–H and O–H groups in total. The van der Waals surface area contributed by atoms with Gasteiger partial charge in [0.15, 0.2) is 16.1 Å². The van der Waals surface area contributed by atoms with Crippen LogP contribution in [-0.2, 0) is 7.05 Å². The number of rotatable bonds is 9. The van der Waals surface area contributed by atoms with E-state index in [0.717, 1.165) is 50.8 Å². The van der Waals surface area contributed by atoms with Gasteiger partial charge in [-0.25, -0.2) is 9.97 Å². The molecule has 1 aliphatic heterocycles. The number of pyridine rings is 1. The Labute approximate surface area is 432 Å². The van der Waals surface area contributed by atoms with Crippen LogP contribution in [0.25, 0.3) is 49.9 Å². The topological polar surface area (TPSA) is 38.9 Å². The van der Waals surface area contributed by atoms with Crippen LogP contribution in [0.15, 0.2) is 279 Å². The van der Waals surface area contributed by atoms with Gasteiger partial charge in [-0.2, -0.15) is 0 Å². The molecule has 0 fully saturated rings. The van der Waals surface area contributed by atoms with E-state index in [1.54, 1.807) is 0 Å². The molecule has 74 heavy (non-hydrogen) atoms. The third kappa shape index (κ3) is 6.40. The summed E-state index contributed by atoms with van der Waals surface area (Å²) in [6.07, 6.45) is 1.94. The zero-order valence-corrected chi connectivity index (χ0v) is 42.8. The van der Waals surface area contributed by atoms with Crippen molar-refractivity contribution in [3.63, 3.8) is 0 Å². The average molecular weight is 980 g/mol. The van der Waals surface area contributed by atoms with Gasteiger partial charge in [0.1, 0.15) is 11.6 Å². The Morgan fingerprint density at radius 1 is 0.459 bits per heavy atom. The molecule has 0 bridgehead atoms. The molecule has 0 saturated carbocycles. The highest BCUT2D eigenvalue weighted by atomic mass is 28.3. The maximum absolute atomic E-state index is 5.32. The molecule has 0 amide bonds. The second kappa shape index (κ2) is 17.6. The summed E-state index contributed by atoms with van der Waals surface area (Å²) in [6.45, 7) is 0. The molecular formula is C67H49N5Si2. The number of fused-ring (bicyclic) bond motifs is 7. The fraction of sp³-hybridized carbons (Fsp3) is 0.0149. The van der Waals surface area contributed by atoms with Crippen LogP contribution >= 0.6 is 0 Å². The fourth-order valence-electron chi connectivity index (χ4n) is 12.6. The van der Waals surface area contributed by atoms with Crippen molar-refractivity contribution in [2.45, 2.75) is 0 Å². The lowest BCUT2D eigenvalue weighted by atomic mass is 10.1. The van der Waals surface area contributed by atoms with E-state index in [9.17, 15) is 0 Å². The molecule has 0 aliphatic carbocycles. The van der Waals surface area contributed by atoms with Crippen molar-refractivity contribution in [2.24, 2.45) is 7.05 Å². The Hall–Kier alpha value is -9.15. The van der Waals surface area contributed by atoms with E-state index in [2.05, 4.69) is 288 Å². The first-order valence-electron chi connectivity index (χ1n) is 25.4. The van der Waals surface area contributed by atoms with Crippen LogP contribution in [0, 0.1) is 0 Å². The molecule has 3 aromatic heterocycles. The molecule has 0 radical (unpaired) electrons. The summed E-state index contributed by atoms with van der Waals surface area (Å²) in [5.74, 6) is 1.81. The number of anilines is 3. The summed E-state index contributed by atoms with van der Waals surface area (Å²) in [5.41, 5.74) is 8.94.